The number of hydrogen-bond acceptors (Lipinski definition) is 7. The first kappa shape index (κ1) is 19.7. The lowest BCUT2D eigenvalue weighted by molar-refractivity contribution is -0.385. The van der Waals surface area contributed by atoms with E-state index >= 15 is 0 Å². The maximum Gasteiger partial charge on any atom is 0.427 e. The lowest BCUT2D eigenvalue weighted by atomic mass is 10.2. The summed E-state index contributed by atoms with van der Waals surface area (Å²) in [5.41, 5.74) is 3.29. The van der Waals surface area contributed by atoms with Crippen LogP contribution < -0.4 is 14.9 Å². The Labute approximate surface area is 155 Å². The first-order valence-corrected chi connectivity index (χ1v) is 8.04. The molecule has 2 aromatic rings. The molecule has 0 aromatic heterocycles. The molecule has 9 heteroatoms. The van der Waals surface area contributed by atoms with Gasteiger partial charge in [0.05, 0.1) is 30.4 Å². The van der Waals surface area contributed by atoms with Crippen LogP contribution >= 0.6 is 0 Å². The topological polar surface area (TPSA) is 112 Å². The van der Waals surface area contributed by atoms with Crippen molar-refractivity contribution in [3.8, 4) is 11.5 Å². The summed E-state index contributed by atoms with van der Waals surface area (Å²) in [5, 5.41) is 14.8. The van der Waals surface area contributed by atoms with Crippen molar-refractivity contribution in [2.75, 3.05) is 13.7 Å². The summed E-state index contributed by atoms with van der Waals surface area (Å²) in [6.07, 6.45) is 0.742. The van der Waals surface area contributed by atoms with Gasteiger partial charge in [-0.3, -0.25) is 10.1 Å². The Morgan fingerprint density at radius 2 is 2.00 bits per heavy atom. The Bertz CT molecular complexity index is 838. The molecule has 0 radical (unpaired) electrons. The molecule has 27 heavy (non-hydrogen) atoms. The second-order valence-electron chi connectivity index (χ2n) is 5.18. The molecule has 0 aliphatic carbocycles. The number of hydrazone groups is 1. The lowest BCUT2D eigenvalue weighted by Crippen LogP contribution is -2.16. The highest BCUT2D eigenvalue weighted by molar-refractivity contribution is 5.82. The van der Waals surface area contributed by atoms with Crippen molar-refractivity contribution in [2.45, 2.75) is 13.5 Å². The van der Waals surface area contributed by atoms with Crippen LogP contribution in [-0.4, -0.2) is 30.9 Å². The number of methoxy groups -OCH3 is 1. The number of nitro groups is 1. The number of nitrogens with zero attached hydrogens (tertiary/aromatic N) is 2. The van der Waals surface area contributed by atoms with E-state index in [0.29, 0.717) is 29.2 Å². The largest absolute Gasteiger partial charge is 0.490 e. The first-order chi connectivity index (χ1) is 13.0. The molecular weight excluding hydrogens is 354 g/mol. The third-order valence-corrected chi connectivity index (χ3v) is 3.39. The molecule has 2 rings (SSSR count). The van der Waals surface area contributed by atoms with Gasteiger partial charge in [-0.2, -0.15) is 5.10 Å². The van der Waals surface area contributed by atoms with E-state index in [-0.39, 0.29) is 12.3 Å². The number of hydrogen-bond donors (Lipinski definition) is 1. The van der Waals surface area contributed by atoms with Crippen LogP contribution in [0.5, 0.6) is 11.5 Å². The number of benzene rings is 2. The van der Waals surface area contributed by atoms with E-state index in [1.165, 1.54) is 19.4 Å². The Hall–Kier alpha value is -3.62. The summed E-state index contributed by atoms with van der Waals surface area (Å²) in [5.74, 6) is 0.895. The van der Waals surface area contributed by atoms with Crippen LogP contribution in [0.2, 0.25) is 0 Å². The normalized spacial score (nSPS) is 10.4. The summed E-state index contributed by atoms with van der Waals surface area (Å²) < 4.78 is 15.7. The van der Waals surface area contributed by atoms with Gasteiger partial charge in [-0.15, -0.1) is 0 Å². The third kappa shape index (κ3) is 5.70. The number of rotatable bonds is 8. The van der Waals surface area contributed by atoms with Crippen LogP contribution in [0.4, 0.5) is 10.5 Å². The van der Waals surface area contributed by atoms with Gasteiger partial charge in [0.2, 0.25) is 0 Å². The number of nitrogens with one attached hydrogen (secondary N) is 1. The molecule has 9 nitrogen and oxygen atoms in total. The Morgan fingerprint density at radius 1 is 1.22 bits per heavy atom. The minimum absolute atomic E-state index is 0.00639. The first-order valence-electron chi connectivity index (χ1n) is 8.04. The molecule has 1 amide bonds. The number of ether oxygens (including phenoxy) is 3. The number of amides is 1. The maximum atomic E-state index is 11.1. The van der Waals surface area contributed by atoms with Crippen molar-refractivity contribution in [3.05, 3.63) is 63.7 Å². The lowest BCUT2D eigenvalue weighted by Gasteiger charge is -2.12. The van der Waals surface area contributed by atoms with Gasteiger partial charge >= 0.3 is 6.09 Å². The summed E-state index contributed by atoms with van der Waals surface area (Å²) in [6, 6.07) is 11.4. The fourth-order valence-corrected chi connectivity index (χ4v) is 2.16. The molecule has 0 saturated carbocycles. The predicted molar refractivity (Wildman–Crippen MR) is 98.2 cm³/mol. The van der Waals surface area contributed by atoms with Crippen molar-refractivity contribution in [1.82, 2.24) is 5.43 Å². The minimum Gasteiger partial charge on any atom is -0.490 e. The zero-order chi connectivity index (χ0) is 19.6. The minimum atomic E-state index is -0.680. The highest BCUT2D eigenvalue weighted by Gasteiger charge is 2.14. The zero-order valence-electron chi connectivity index (χ0n) is 14.9. The summed E-state index contributed by atoms with van der Waals surface area (Å²) >= 11 is 0. The number of carbonyl (C=O) groups is 1. The van der Waals surface area contributed by atoms with E-state index in [9.17, 15) is 14.9 Å². The highest BCUT2D eigenvalue weighted by Crippen LogP contribution is 2.30. The molecule has 0 heterocycles. The monoisotopic (exact) mass is 373 g/mol. The molecule has 0 atom stereocenters. The van der Waals surface area contributed by atoms with Crippen LogP contribution in [0.15, 0.2) is 47.6 Å². The number of para-hydroxylation sites is 1. The van der Waals surface area contributed by atoms with E-state index < -0.39 is 11.0 Å². The van der Waals surface area contributed by atoms with Crippen molar-refractivity contribution in [2.24, 2.45) is 5.10 Å². The average molecular weight is 373 g/mol. The van der Waals surface area contributed by atoms with Gasteiger partial charge in [-0.1, -0.05) is 12.1 Å². The van der Waals surface area contributed by atoms with Crippen LogP contribution in [0.25, 0.3) is 0 Å². The predicted octanol–water partition coefficient (Wildman–Crippen LogP) is 3.26. The average Bonchev–Trinajstić information content (AvgIpc) is 2.67. The van der Waals surface area contributed by atoms with Crippen LogP contribution in [0, 0.1) is 10.1 Å². The molecular formula is C18H19N3O6. The molecule has 0 aliphatic rings. The van der Waals surface area contributed by atoms with E-state index in [4.69, 9.17) is 9.47 Å². The fraction of sp³-hybridized carbons (Fsp3) is 0.222. The van der Waals surface area contributed by atoms with Crippen molar-refractivity contribution < 1.29 is 23.9 Å². The summed E-state index contributed by atoms with van der Waals surface area (Å²) in [4.78, 5) is 21.6. The molecule has 142 valence electrons. The number of nitro benzene ring substituents is 1. The van der Waals surface area contributed by atoms with Gasteiger partial charge in [-0.05, 0) is 36.8 Å². The molecule has 0 fully saturated rings. The van der Waals surface area contributed by atoms with Gasteiger partial charge < -0.3 is 14.2 Å². The molecule has 0 spiro atoms. The molecule has 0 unspecified atom stereocenters. The van der Waals surface area contributed by atoms with Gasteiger partial charge in [0.1, 0.15) is 6.61 Å². The molecule has 0 saturated heterocycles. The Kier molecular flexibility index (Phi) is 7.12. The highest BCUT2D eigenvalue weighted by atomic mass is 16.6. The van der Waals surface area contributed by atoms with Crippen molar-refractivity contribution >= 4 is 18.0 Å². The van der Waals surface area contributed by atoms with Gasteiger partial charge in [0.15, 0.2) is 11.5 Å². The molecule has 0 aliphatic heterocycles. The van der Waals surface area contributed by atoms with Crippen LogP contribution in [0.1, 0.15) is 18.1 Å². The number of carbonyl (C=O) groups excluding carboxylic acids is 1. The van der Waals surface area contributed by atoms with E-state index in [2.05, 4.69) is 15.3 Å². The fourth-order valence-electron chi connectivity index (χ4n) is 2.16. The quantitative estimate of drug-likeness (QED) is 0.432. The van der Waals surface area contributed by atoms with Crippen molar-refractivity contribution in [3.63, 3.8) is 0 Å². The Balaban J connectivity index is 2.14. The maximum absolute atomic E-state index is 11.1. The van der Waals surface area contributed by atoms with E-state index in [1.54, 1.807) is 36.4 Å². The standard InChI is InChI=1S/C18H19N3O6/c1-3-26-17-10-13(11-19-20-18(22)25-2)8-9-16(17)27-12-14-6-4-5-7-15(14)21(23)24/h4-11H,3,12H2,1-2H3,(H,20,22)/b19-11-. The summed E-state index contributed by atoms with van der Waals surface area (Å²) in [7, 11) is 1.24. The summed E-state index contributed by atoms with van der Waals surface area (Å²) in [6.45, 7) is 2.25. The van der Waals surface area contributed by atoms with Crippen LogP contribution in [-0.2, 0) is 11.3 Å². The molecule has 1 N–H and O–H groups in total. The SMILES string of the molecule is CCOc1cc(/C=N\NC(=O)OC)ccc1OCc1ccccc1[N+](=O)[O-]. The van der Waals surface area contributed by atoms with E-state index in [0.717, 1.165) is 0 Å². The third-order valence-electron chi connectivity index (χ3n) is 3.39. The Morgan fingerprint density at radius 3 is 2.70 bits per heavy atom. The zero-order valence-corrected chi connectivity index (χ0v) is 14.9. The molecule has 0 bridgehead atoms. The second kappa shape index (κ2) is 9.76. The van der Waals surface area contributed by atoms with Crippen molar-refractivity contribution in [1.29, 1.82) is 0 Å². The smallest absolute Gasteiger partial charge is 0.427 e. The van der Waals surface area contributed by atoms with Crippen LogP contribution in [0.3, 0.4) is 0 Å². The van der Waals surface area contributed by atoms with Gasteiger partial charge in [-0.25, -0.2) is 10.2 Å². The van der Waals surface area contributed by atoms with Gasteiger partial charge in [0.25, 0.3) is 5.69 Å². The van der Waals surface area contributed by atoms with E-state index in [1.807, 2.05) is 6.92 Å². The van der Waals surface area contributed by atoms with Gasteiger partial charge in [0, 0.05) is 6.07 Å². The second-order valence-corrected chi connectivity index (χ2v) is 5.18. The molecule has 2 aromatic carbocycles.